The first-order valence-electron chi connectivity index (χ1n) is 5.24. The Morgan fingerprint density at radius 2 is 2.18 bits per heavy atom. The van der Waals surface area contributed by atoms with Gasteiger partial charge in [-0.2, -0.15) is 0 Å². The molecule has 0 nitrogen and oxygen atoms in total. The highest BCUT2D eigenvalue weighted by molar-refractivity contribution is 9.10. The first-order valence-corrected chi connectivity index (χ1v) is 7.44. The molecule has 0 fully saturated rings. The van der Waals surface area contributed by atoms with Crippen LogP contribution in [-0.4, -0.2) is 5.88 Å². The van der Waals surface area contributed by atoms with E-state index in [4.69, 9.17) is 11.6 Å². The predicted molar refractivity (Wildman–Crippen MR) is 75.6 cm³/mol. The molecule has 1 aromatic heterocycles. The summed E-state index contributed by atoms with van der Waals surface area (Å²) in [5, 5.41) is 2.04. The van der Waals surface area contributed by atoms with Gasteiger partial charge in [-0.1, -0.05) is 12.1 Å². The number of hydrogen-bond acceptors (Lipinski definition) is 1. The van der Waals surface area contributed by atoms with E-state index < -0.39 is 0 Å². The van der Waals surface area contributed by atoms with Crippen molar-refractivity contribution < 1.29 is 4.39 Å². The molecule has 0 bridgehead atoms. The van der Waals surface area contributed by atoms with E-state index in [0.717, 1.165) is 16.5 Å². The molecule has 2 rings (SSSR count). The molecule has 1 aromatic carbocycles. The minimum absolute atomic E-state index is 0.155. The van der Waals surface area contributed by atoms with Crippen LogP contribution in [0.1, 0.15) is 16.4 Å². The third-order valence-electron chi connectivity index (χ3n) is 2.63. The van der Waals surface area contributed by atoms with Gasteiger partial charge in [0.1, 0.15) is 5.82 Å². The van der Waals surface area contributed by atoms with Gasteiger partial charge in [-0.15, -0.1) is 22.9 Å². The Bertz CT molecular complexity index is 498. The average molecular weight is 334 g/mol. The lowest BCUT2D eigenvalue weighted by Crippen LogP contribution is -2.04. The van der Waals surface area contributed by atoms with Crippen molar-refractivity contribution in [1.82, 2.24) is 0 Å². The summed E-state index contributed by atoms with van der Waals surface area (Å²) in [7, 11) is 0. The number of alkyl halides is 1. The maximum atomic E-state index is 13.2. The van der Waals surface area contributed by atoms with Crippen molar-refractivity contribution in [3.63, 3.8) is 0 Å². The van der Waals surface area contributed by atoms with Crippen molar-refractivity contribution >= 4 is 38.9 Å². The van der Waals surface area contributed by atoms with Gasteiger partial charge in [0.2, 0.25) is 0 Å². The maximum Gasteiger partial charge on any atom is 0.123 e. The Hall–Kier alpha value is -0.380. The molecule has 17 heavy (non-hydrogen) atoms. The van der Waals surface area contributed by atoms with Crippen LogP contribution in [0.25, 0.3) is 0 Å². The summed E-state index contributed by atoms with van der Waals surface area (Å²) in [6.07, 6.45) is 0.838. The fourth-order valence-corrected chi connectivity index (χ4v) is 3.60. The zero-order valence-electron chi connectivity index (χ0n) is 9.00. The van der Waals surface area contributed by atoms with Crippen LogP contribution in [-0.2, 0) is 6.42 Å². The molecule has 0 saturated carbocycles. The predicted octanol–water partition coefficient (Wildman–Crippen LogP) is 5.21. The van der Waals surface area contributed by atoms with Gasteiger partial charge in [-0.3, -0.25) is 0 Å². The molecule has 0 aliphatic heterocycles. The number of rotatable bonds is 4. The summed E-state index contributed by atoms with van der Waals surface area (Å²) in [6.45, 7) is 0. The molecule has 90 valence electrons. The van der Waals surface area contributed by atoms with Gasteiger partial charge in [0.25, 0.3) is 0 Å². The van der Waals surface area contributed by atoms with E-state index in [2.05, 4.69) is 15.9 Å². The minimum Gasteiger partial charge on any atom is -0.207 e. The van der Waals surface area contributed by atoms with Gasteiger partial charge >= 0.3 is 0 Å². The molecule has 0 N–H and O–H groups in total. The zero-order valence-corrected chi connectivity index (χ0v) is 12.2. The summed E-state index contributed by atoms with van der Waals surface area (Å²) in [5.41, 5.74) is 0.959. The monoisotopic (exact) mass is 332 g/mol. The topological polar surface area (TPSA) is 0 Å². The lowest BCUT2D eigenvalue weighted by molar-refractivity contribution is 0.621. The maximum absolute atomic E-state index is 13.2. The second kappa shape index (κ2) is 5.98. The molecule has 0 spiro atoms. The molecule has 0 aliphatic carbocycles. The summed E-state index contributed by atoms with van der Waals surface area (Å²) in [5.74, 6) is 0.443. The van der Waals surface area contributed by atoms with Gasteiger partial charge in [0.05, 0.1) is 0 Å². The van der Waals surface area contributed by atoms with Crippen molar-refractivity contribution in [2.75, 3.05) is 5.88 Å². The second-order valence-electron chi connectivity index (χ2n) is 3.80. The van der Waals surface area contributed by atoms with E-state index in [1.54, 1.807) is 23.5 Å². The molecule has 0 amide bonds. The summed E-state index contributed by atoms with van der Waals surface area (Å²) >= 11 is 11.2. The molecule has 0 aliphatic rings. The Morgan fingerprint density at radius 1 is 1.35 bits per heavy atom. The lowest BCUT2D eigenvalue weighted by atomic mass is 9.97. The summed E-state index contributed by atoms with van der Waals surface area (Å²) < 4.78 is 14.3. The minimum atomic E-state index is -0.206. The van der Waals surface area contributed by atoms with E-state index in [-0.39, 0.29) is 11.7 Å². The normalized spacial score (nSPS) is 12.6. The van der Waals surface area contributed by atoms with Crippen LogP contribution >= 0.6 is 38.9 Å². The molecular weight excluding hydrogens is 323 g/mol. The van der Waals surface area contributed by atoms with Gasteiger partial charge in [0.15, 0.2) is 0 Å². The van der Waals surface area contributed by atoms with Crippen LogP contribution in [0.3, 0.4) is 0 Å². The molecule has 1 heterocycles. The number of hydrogen-bond donors (Lipinski definition) is 0. The van der Waals surface area contributed by atoms with Crippen molar-refractivity contribution in [2.24, 2.45) is 0 Å². The van der Waals surface area contributed by atoms with Crippen LogP contribution in [0.2, 0.25) is 0 Å². The van der Waals surface area contributed by atoms with Gasteiger partial charge in [0, 0.05) is 21.1 Å². The third kappa shape index (κ3) is 3.30. The van der Waals surface area contributed by atoms with Crippen molar-refractivity contribution in [3.8, 4) is 0 Å². The van der Waals surface area contributed by atoms with Crippen LogP contribution in [0.15, 0.2) is 40.2 Å². The van der Waals surface area contributed by atoms with Crippen molar-refractivity contribution in [2.45, 2.75) is 12.3 Å². The Kier molecular flexibility index (Phi) is 4.60. The molecule has 0 radical (unpaired) electrons. The molecule has 0 saturated heterocycles. The molecule has 2 aromatic rings. The molecular formula is C13H11BrClFS. The number of thiophene rings is 1. The highest BCUT2D eigenvalue weighted by Crippen LogP contribution is 2.30. The Balaban J connectivity index is 2.20. The number of benzene rings is 1. The number of halogens is 3. The van der Waals surface area contributed by atoms with Crippen LogP contribution in [0.5, 0.6) is 0 Å². The first-order chi connectivity index (χ1) is 8.20. The molecule has 1 atom stereocenters. The van der Waals surface area contributed by atoms with Crippen molar-refractivity contribution in [1.29, 1.82) is 0 Å². The van der Waals surface area contributed by atoms with E-state index in [1.165, 1.54) is 10.9 Å². The highest BCUT2D eigenvalue weighted by Gasteiger charge is 2.14. The van der Waals surface area contributed by atoms with E-state index in [9.17, 15) is 4.39 Å². The summed E-state index contributed by atoms with van der Waals surface area (Å²) in [4.78, 5) is 1.25. The van der Waals surface area contributed by atoms with E-state index >= 15 is 0 Å². The van der Waals surface area contributed by atoms with Gasteiger partial charge in [-0.25, -0.2) is 4.39 Å². The fraction of sp³-hybridized carbons (Fsp3) is 0.231. The second-order valence-corrected chi connectivity index (χ2v) is 5.97. The van der Waals surface area contributed by atoms with Gasteiger partial charge < -0.3 is 0 Å². The first kappa shape index (κ1) is 13.1. The Morgan fingerprint density at radius 3 is 2.76 bits per heavy atom. The van der Waals surface area contributed by atoms with Crippen LogP contribution in [0.4, 0.5) is 4.39 Å². The highest BCUT2D eigenvalue weighted by atomic mass is 79.9. The smallest absolute Gasteiger partial charge is 0.123 e. The standard InChI is InChI=1S/C13H11BrClFS/c14-12-4-5-17-13(12)7-10(8-15)9-2-1-3-11(16)6-9/h1-6,10H,7-8H2. The fourth-order valence-electron chi connectivity index (χ4n) is 1.72. The van der Waals surface area contributed by atoms with E-state index in [0.29, 0.717) is 5.88 Å². The third-order valence-corrected chi connectivity index (χ3v) is 4.95. The zero-order chi connectivity index (χ0) is 12.3. The largest absolute Gasteiger partial charge is 0.207 e. The Labute approximate surface area is 118 Å². The SMILES string of the molecule is Fc1cccc(C(CCl)Cc2sccc2Br)c1. The summed E-state index contributed by atoms with van der Waals surface area (Å²) in [6, 6.07) is 8.70. The average Bonchev–Trinajstić information content (AvgIpc) is 2.71. The van der Waals surface area contributed by atoms with E-state index in [1.807, 2.05) is 17.5 Å². The van der Waals surface area contributed by atoms with Crippen LogP contribution in [0, 0.1) is 5.82 Å². The quantitative estimate of drug-likeness (QED) is 0.673. The molecule has 1 unspecified atom stereocenters. The van der Waals surface area contributed by atoms with Crippen molar-refractivity contribution in [3.05, 3.63) is 56.4 Å². The van der Waals surface area contributed by atoms with Crippen LogP contribution < -0.4 is 0 Å². The van der Waals surface area contributed by atoms with Gasteiger partial charge in [-0.05, 0) is 51.5 Å². The lowest BCUT2D eigenvalue weighted by Gasteiger charge is -2.13. The molecule has 4 heteroatoms.